The summed E-state index contributed by atoms with van der Waals surface area (Å²) in [5.74, 6) is 1.32. The number of hydrogen-bond donors (Lipinski definition) is 2. The molecule has 0 amide bonds. The standard InChI is InChI=1S/C45H73FN2O6S/c1-39(2)31(37(49)50)25-32(39)38(51)54-35-13-14-42(6)33(40(35,3)4)12-15-44(8)34(42)10-9-30-36-29(41(5)17-18-41)11-16-45(36,20-19-43(30,44)7)47-27-28(26-46)48-21-23-55(52,53)24-22-48/h28-36,47H,9-27H2,1-8H3,(H,49,50)/t28-,29?,30-,31+,32-,33+,34-,35+,36-,42+,43-,44-,45+/m1/s1. The third-order valence-electron chi connectivity index (χ3n) is 20.2. The average molecular weight is 789 g/mol. The number of sulfone groups is 1. The second-order valence-corrected chi connectivity index (χ2v) is 25.1. The van der Waals surface area contributed by atoms with E-state index in [9.17, 15) is 27.5 Å². The van der Waals surface area contributed by atoms with Gasteiger partial charge < -0.3 is 15.2 Å². The van der Waals surface area contributed by atoms with Crippen molar-refractivity contribution in [3.05, 3.63) is 0 Å². The molecule has 8 nitrogen and oxygen atoms in total. The number of alkyl halides is 1. The smallest absolute Gasteiger partial charge is 0.309 e. The Bertz CT molecular complexity index is 1650. The summed E-state index contributed by atoms with van der Waals surface area (Å²) in [4.78, 5) is 27.5. The van der Waals surface area contributed by atoms with E-state index in [1.54, 1.807) is 0 Å². The monoisotopic (exact) mass is 789 g/mol. The lowest BCUT2D eigenvalue weighted by Gasteiger charge is -2.73. The number of carbonyl (C=O) groups excluding carboxylic acids is 1. The van der Waals surface area contributed by atoms with E-state index in [1.807, 2.05) is 13.8 Å². The number of carboxylic acids is 1. The number of carboxylic acid groups (broad SMARTS) is 1. The van der Waals surface area contributed by atoms with Gasteiger partial charge in [-0.25, -0.2) is 12.8 Å². The minimum atomic E-state index is -3.02. The Morgan fingerprint density at radius 1 is 0.782 bits per heavy atom. The van der Waals surface area contributed by atoms with Crippen LogP contribution in [0.2, 0.25) is 0 Å². The highest BCUT2D eigenvalue weighted by atomic mass is 32.2. The number of aliphatic carboxylic acids is 1. The molecule has 10 heteroatoms. The van der Waals surface area contributed by atoms with E-state index < -0.39 is 33.8 Å². The third-order valence-corrected chi connectivity index (χ3v) is 21.8. The lowest BCUT2D eigenvalue weighted by atomic mass is 9.32. The van der Waals surface area contributed by atoms with Gasteiger partial charge in [-0.2, -0.15) is 0 Å². The molecule has 0 aromatic rings. The van der Waals surface area contributed by atoms with Crippen molar-refractivity contribution in [2.75, 3.05) is 37.8 Å². The van der Waals surface area contributed by atoms with Gasteiger partial charge in [-0.05, 0) is 140 Å². The summed E-state index contributed by atoms with van der Waals surface area (Å²) < 4.78 is 45.5. The van der Waals surface area contributed by atoms with Gasteiger partial charge in [-0.3, -0.25) is 14.5 Å². The molecule has 7 saturated carbocycles. The molecule has 55 heavy (non-hydrogen) atoms. The molecule has 8 fully saturated rings. The molecule has 2 N–H and O–H groups in total. The molecule has 8 rings (SSSR count). The highest BCUT2D eigenvalue weighted by molar-refractivity contribution is 7.91. The molecule has 0 aromatic heterocycles. The first kappa shape index (κ1) is 40.5. The van der Waals surface area contributed by atoms with Gasteiger partial charge in [0.2, 0.25) is 0 Å². The van der Waals surface area contributed by atoms with Crippen molar-refractivity contribution in [2.45, 2.75) is 157 Å². The molecule has 7 aliphatic carbocycles. The zero-order chi connectivity index (χ0) is 39.8. The van der Waals surface area contributed by atoms with E-state index in [4.69, 9.17) is 4.74 Å². The van der Waals surface area contributed by atoms with Gasteiger partial charge in [0.25, 0.3) is 0 Å². The van der Waals surface area contributed by atoms with E-state index in [0.717, 1.165) is 25.7 Å². The first-order valence-electron chi connectivity index (χ1n) is 22.3. The van der Waals surface area contributed by atoms with E-state index in [2.05, 4.69) is 51.8 Å². The van der Waals surface area contributed by atoms with Crippen LogP contribution in [0, 0.1) is 73.9 Å². The Morgan fingerprint density at radius 2 is 1.47 bits per heavy atom. The largest absolute Gasteiger partial charge is 0.481 e. The number of rotatable bonds is 9. The topological polar surface area (TPSA) is 113 Å². The molecule has 0 spiro atoms. The maximum Gasteiger partial charge on any atom is 0.309 e. The summed E-state index contributed by atoms with van der Waals surface area (Å²) in [6.45, 7) is 20.0. The first-order chi connectivity index (χ1) is 25.6. The van der Waals surface area contributed by atoms with Crippen LogP contribution in [-0.2, 0) is 24.2 Å². The SMILES string of the molecule is CC1(C2CC[C@]3(NC[C@@H](CF)N4CCS(=O)(=O)CC4)CC[C@]4(C)[C@H](CC[C@@H]5[C@@]6(C)CC[C@H](OC(=O)[C@H]7C[C@@H](C(=O)O)C7(C)C)C(C)(C)[C@@H]6CC[C@]54C)[C@@H]23)CC1. The van der Waals surface area contributed by atoms with Crippen molar-refractivity contribution in [3.63, 3.8) is 0 Å². The number of ether oxygens (including phenoxy) is 1. The minimum absolute atomic E-state index is 0.0173. The van der Waals surface area contributed by atoms with Crippen LogP contribution in [0.3, 0.4) is 0 Å². The molecule has 0 radical (unpaired) electrons. The van der Waals surface area contributed by atoms with E-state index >= 15 is 0 Å². The number of carbonyl (C=O) groups is 2. The first-order valence-corrected chi connectivity index (χ1v) is 24.1. The summed E-state index contributed by atoms with van der Waals surface area (Å²) in [6, 6.07) is -0.280. The second kappa shape index (κ2) is 13.1. The van der Waals surface area contributed by atoms with Crippen molar-refractivity contribution in [1.82, 2.24) is 10.2 Å². The normalized spacial score (nSPS) is 48.2. The lowest BCUT2D eigenvalue weighted by Crippen LogP contribution is -2.69. The molecule has 1 aliphatic heterocycles. The van der Waals surface area contributed by atoms with Crippen molar-refractivity contribution in [3.8, 4) is 0 Å². The zero-order valence-corrected chi connectivity index (χ0v) is 36.2. The fourth-order valence-corrected chi connectivity index (χ4v) is 17.3. The van der Waals surface area contributed by atoms with Gasteiger partial charge >= 0.3 is 11.9 Å². The Labute approximate surface area is 331 Å². The van der Waals surface area contributed by atoms with Crippen LogP contribution in [0.25, 0.3) is 0 Å². The molecule has 312 valence electrons. The van der Waals surface area contributed by atoms with Crippen LogP contribution in [-0.4, -0.2) is 85.9 Å². The average Bonchev–Trinajstić information content (AvgIpc) is 3.72. The van der Waals surface area contributed by atoms with Crippen molar-refractivity contribution in [2.24, 2.45) is 73.9 Å². The summed E-state index contributed by atoms with van der Waals surface area (Å²) >= 11 is 0. The van der Waals surface area contributed by atoms with Crippen LogP contribution in [0.15, 0.2) is 0 Å². The fraction of sp³-hybridized carbons (Fsp3) is 0.956. The molecule has 1 unspecified atom stereocenters. The molecule has 1 saturated heterocycles. The number of halogens is 1. The quantitative estimate of drug-likeness (QED) is 0.227. The second-order valence-electron chi connectivity index (χ2n) is 22.8. The van der Waals surface area contributed by atoms with Crippen LogP contribution >= 0.6 is 0 Å². The molecule has 13 atom stereocenters. The molecule has 1 heterocycles. The lowest BCUT2D eigenvalue weighted by molar-refractivity contribution is -0.249. The number of hydrogen-bond acceptors (Lipinski definition) is 7. The number of nitrogens with zero attached hydrogens (tertiary/aromatic N) is 1. The zero-order valence-electron chi connectivity index (χ0n) is 35.4. The van der Waals surface area contributed by atoms with Gasteiger partial charge in [0, 0.05) is 30.6 Å². The van der Waals surface area contributed by atoms with Gasteiger partial charge in [0.15, 0.2) is 9.84 Å². The Hall–Kier alpha value is -1.26. The molecule has 8 aliphatic rings. The highest BCUT2D eigenvalue weighted by Gasteiger charge is 2.72. The van der Waals surface area contributed by atoms with Gasteiger partial charge in [0.1, 0.15) is 12.8 Å². The summed E-state index contributed by atoms with van der Waals surface area (Å²) in [5.41, 5.74) is 0.230. The van der Waals surface area contributed by atoms with Gasteiger partial charge in [0.05, 0.1) is 29.4 Å². The Balaban J connectivity index is 1.02. The third kappa shape index (κ3) is 5.98. The minimum Gasteiger partial charge on any atom is -0.481 e. The highest BCUT2D eigenvalue weighted by Crippen LogP contribution is 2.78. The van der Waals surface area contributed by atoms with Crippen LogP contribution in [0.4, 0.5) is 4.39 Å². The molecular weight excluding hydrogens is 716 g/mol. The maximum absolute atomic E-state index is 14.7. The molecule has 0 aromatic carbocycles. The Kier molecular flexibility index (Phi) is 9.66. The fourth-order valence-electron chi connectivity index (χ4n) is 16.1. The van der Waals surface area contributed by atoms with Crippen LogP contribution in [0.1, 0.15) is 139 Å². The molecular formula is C45H73FN2O6S. The molecule has 0 bridgehead atoms. The number of esters is 1. The summed E-state index contributed by atoms with van der Waals surface area (Å²) in [5, 5.41) is 13.8. The van der Waals surface area contributed by atoms with Crippen molar-refractivity contribution >= 4 is 21.8 Å². The predicted octanol–water partition coefficient (Wildman–Crippen LogP) is 7.94. The summed E-state index contributed by atoms with van der Waals surface area (Å²) in [7, 11) is -3.02. The number of nitrogens with one attached hydrogen (secondary N) is 1. The Morgan fingerprint density at radius 3 is 2.09 bits per heavy atom. The van der Waals surface area contributed by atoms with Crippen molar-refractivity contribution in [1.29, 1.82) is 0 Å². The van der Waals surface area contributed by atoms with E-state index in [1.165, 1.54) is 51.4 Å². The van der Waals surface area contributed by atoms with Crippen LogP contribution in [0.5, 0.6) is 0 Å². The van der Waals surface area contributed by atoms with Crippen molar-refractivity contribution < 1.29 is 32.2 Å². The van der Waals surface area contributed by atoms with Crippen LogP contribution < -0.4 is 5.32 Å². The number of fused-ring (bicyclic) bond motifs is 7. The van der Waals surface area contributed by atoms with E-state index in [0.29, 0.717) is 61.1 Å². The van der Waals surface area contributed by atoms with Gasteiger partial charge in [-0.1, -0.05) is 55.4 Å². The predicted molar refractivity (Wildman–Crippen MR) is 213 cm³/mol. The maximum atomic E-state index is 14.7. The van der Waals surface area contributed by atoms with Gasteiger partial charge in [-0.15, -0.1) is 0 Å². The summed E-state index contributed by atoms with van der Waals surface area (Å²) in [6.07, 6.45) is 14.4. The van der Waals surface area contributed by atoms with E-state index in [-0.39, 0.29) is 62.7 Å².